The number of pyridine rings is 2. The molecule has 0 unspecified atom stereocenters. The monoisotopic (exact) mass is 976 g/mol. The van der Waals surface area contributed by atoms with Crippen LogP contribution >= 0.6 is 0 Å². The SMILES string of the molecule is CC#CC#Cc1ccc2c(c1)c1cc(C)ccc1n2-c1ccc(-c2ccc(C)c(-c3cccc[n+]3C)c2)cc1.Cc1ccc(-c2ccc(-n3c4ccccc4c4ccccc43)c3ccccc23)cc1-c1cccc[n+]1C. The summed E-state index contributed by atoms with van der Waals surface area (Å²) in [6, 6.07) is 79.1. The predicted octanol–water partition coefficient (Wildman–Crippen LogP) is 16.3. The van der Waals surface area contributed by atoms with Crippen molar-refractivity contribution in [3.8, 4) is 79.8 Å². The molecule has 0 saturated heterocycles. The molecule has 362 valence electrons. The molecule has 4 aromatic heterocycles. The molecule has 4 heteroatoms. The minimum absolute atomic E-state index is 0.975. The van der Waals surface area contributed by atoms with Crippen molar-refractivity contribution in [2.75, 3.05) is 0 Å². The summed E-state index contributed by atoms with van der Waals surface area (Å²) in [5.41, 5.74) is 21.8. The number of aryl methyl sites for hydroxylation is 5. The largest absolute Gasteiger partial charge is 0.309 e. The van der Waals surface area contributed by atoms with E-state index < -0.39 is 0 Å². The Bertz CT molecular complexity index is 4490. The Balaban J connectivity index is 0.000000153. The Hall–Kier alpha value is -9.74. The van der Waals surface area contributed by atoms with Crippen molar-refractivity contribution in [2.24, 2.45) is 14.1 Å². The number of fused-ring (bicyclic) bond motifs is 7. The fourth-order valence-corrected chi connectivity index (χ4v) is 11.1. The first-order chi connectivity index (χ1) is 37.2. The first-order valence-electron chi connectivity index (χ1n) is 25.9. The van der Waals surface area contributed by atoms with Gasteiger partial charge in [0.15, 0.2) is 12.4 Å². The van der Waals surface area contributed by atoms with Crippen molar-refractivity contribution in [1.82, 2.24) is 9.13 Å². The summed E-state index contributed by atoms with van der Waals surface area (Å²) in [5.74, 6) is 11.8. The van der Waals surface area contributed by atoms with E-state index in [-0.39, 0.29) is 0 Å². The Morgan fingerprint density at radius 3 is 1.53 bits per heavy atom. The predicted molar refractivity (Wildman–Crippen MR) is 318 cm³/mol. The first-order valence-corrected chi connectivity index (χ1v) is 25.9. The quantitative estimate of drug-likeness (QED) is 0.117. The van der Waals surface area contributed by atoms with Crippen molar-refractivity contribution in [3.63, 3.8) is 0 Å². The highest BCUT2D eigenvalue weighted by molar-refractivity contribution is 6.12. The second-order valence-electron chi connectivity index (χ2n) is 19.8. The number of nitrogens with zero attached hydrogens (tertiary/aromatic N) is 4. The van der Waals surface area contributed by atoms with Crippen LogP contribution in [0.1, 0.15) is 29.2 Å². The summed E-state index contributed by atoms with van der Waals surface area (Å²) in [6.07, 6.45) is 4.20. The molecule has 13 rings (SSSR count). The van der Waals surface area contributed by atoms with Gasteiger partial charge in [-0.1, -0.05) is 127 Å². The third kappa shape index (κ3) is 8.57. The molecule has 0 radical (unpaired) electrons. The molecule has 0 amide bonds. The lowest BCUT2D eigenvalue weighted by atomic mass is 9.93. The summed E-state index contributed by atoms with van der Waals surface area (Å²) in [6.45, 7) is 8.31. The molecule has 0 fully saturated rings. The minimum atomic E-state index is 0.975. The normalized spacial score (nSPS) is 11.1. The molecule has 9 aromatic carbocycles. The van der Waals surface area contributed by atoms with Gasteiger partial charge in [0, 0.05) is 73.6 Å². The molecule has 76 heavy (non-hydrogen) atoms. The fourth-order valence-electron chi connectivity index (χ4n) is 11.1. The zero-order valence-electron chi connectivity index (χ0n) is 43.7. The van der Waals surface area contributed by atoms with E-state index >= 15 is 0 Å². The van der Waals surface area contributed by atoms with Gasteiger partial charge in [0.2, 0.25) is 11.4 Å². The summed E-state index contributed by atoms with van der Waals surface area (Å²) in [4.78, 5) is 0. The van der Waals surface area contributed by atoms with Gasteiger partial charge in [0.25, 0.3) is 0 Å². The van der Waals surface area contributed by atoms with Gasteiger partial charge in [-0.2, -0.15) is 0 Å². The highest BCUT2D eigenvalue weighted by Gasteiger charge is 2.19. The van der Waals surface area contributed by atoms with Gasteiger partial charge in [0.1, 0.15) is 14.1 Å². The van der Waals surface area contributed by atoms with Crippen molar-refractivity contribution in [2.45, 2.75) is 27.7 Å². The van der Waals surface area contributed by atoms with E-state index in [0.29, 0.717) is 0 Å². The van der Waals surface area contributed by atoms with Crippen molar-refractivity contribution in [1.29, 1.82) is 0 Å². The summed E-state index contributed by atoms with van der Waals surface area (Å²) in [5, 5.41) is 7.51. The van der Waals surface area contributed by atoms with Crippen LogP contribution in [0.15, 0.2) is 231 Å². The van der Waals surface area contributed by atoms with Gasteiger partial charge in [-0.3, -0.25) is 0 Å². The smallest absolute Gasteiger partial charge is 0.212 e. The van der Waals surface area contributed by atoms with Crippen LogP contribution in [-0.4, -0.2) is 9.13 Å². The highest BCUT2D eigenvalue weighted by atomic mass is 15.0. The summed E-state index contributed by atoms with van der Waals surface area (Å²) >= 11 is 0. The maximum Gasteiger partial charge on any atom is 0.212 e. The van der Waals surface area contributed by atoms with Crippen LogP contribution in [-0.2, 0) is 14.1 Å². The molecule has 0 N–H and O–H groups in total. The van der Waals surface area contributed by atoms with E-state index in [4.69, 9.17) is 0 Å². The Kier molecular flexibility index (Phi) is 12.4. The van der Waals surface area contributed by atoms with Crippen LogP contribution in [0.25, 0.3) is 111 Å². The molecule has 0 atom stereocenters. The van der Waals surface area contributed by atoms with Gasteiger partial charge in [-0.25, -0.2) is 9.13 Å². The van der Waals surface area contributed by atoms with E-state index in [9.17, 15) is 0 Å². The summed E-state index contributed by atoms with van der Waals surface area (Å²) < 4.78 is 9.13. The minimum Gasteiger partial charge on any atom is -0.309 e. The lowest BCUT2D eigenvalue weighted by Crippen LogP contribution is -2.30. The van der Waals surface area contributed by atoms with Crippen molar-refractivity contribution >= 4 is 54.4 Å². The van der Waals surface area contributed by atoms with E-state index in [1.54, 1.807) is 6.92 Å². The van der Waals surface area contributed by atoms with Crippen LogP contribution in [0.4, 0.5) is 0 Å². The Morgan fingerprint density at radius 1 is 0.368 bits per heavy atom. The second kappa shape index (κ2) is 19.9. The fraction of sp³-hybridized carbons (Fsp3) is 0.0833. The lowest BCUT2D eigenvalue weighted by molar-refractivity contribution is -0.660. The van der Waals surface area contributed by atoms with Crippen LogP contribution in [0.2, 0.25) is 0 Å². The van der Waals surface area contributed by atoms with E-state index in [1.807, 2.05) is 0 Å². The molecule has 4 heterocycles. The topological polar surface area (TPSA) is 17.6 Å². The molecule has 0 aliphatic rings. The molecule has 0 aliphatic heterocycles. The molecular weight excluding hydrogens is 921 g/mol. The molecule has 0 saturated carbocycles. The Morgan fingerprint density at radius 2 is 0.895 bits per heavy atom. The number of rotatable bonds is 6. The Labute approximate surface area is 445 Å². The van der Waals surface area contributed by atoms with Crippen LogP contribution in [0.3, 0.4) is 0 Å². The lowest BCUT2D eigenvalue weighted by Gasteiger charge is -2.15. The number of hydrogen-bond donors (Lipinski definition) is 0. The number of hydrogen-bond acceptors (Lipinski definition) is 0. The molecule has 0 bridgehead atoms. The maximum atomic E-state index is 3.18. The van der Waals surface area contributed by atoms with Gasteiger partial charge in [-0.15, -0.1) is 0 Å². The second-order valence-corrected chi connectivity index (χ2v) is 19.8. The molecule has 13 aromatic rings. The van der Waals surface area contributed by atoms with Gasteiger partial charge in [0.05, 0.1) is 27.8 Å². The number of para-hydroxylation sites is 2. The first kappa shape index (κ1) is 47.3. The number of aromatic nitrogens is 4. The molecule has 0 aliphatic carbocycles. The molecule has 4 nitrogen and oxygen atoms in total. The van der Waals surface area contributed by atoms with E-state index in [1.165, 1.54) is 122 Å². The average molecular weight is 977 g/mol. The van der Waals surface area contributed by atoms with Crippen LogP contribution in [0, 0.1) is 44.5 Å². The summed E-state index contributed by atoms with van der Waals surface area (Å²) in [7, 11) is 4.20. The third-order valence-electron chi connectivity index (χ3n) is 14.9. The highest BCUT2D eigenvalue weighted by Crippen LogP contribution is 2.40. The van der Waals surface area contributed by atoms with Gasteiger partial charge in [-0.05, 0) is 163 Å². The van der Waals surface area contributed by atoms with Gasteiger partial charge >= 0.3 is 0 Å². The maximum absolute atomic E-state index is 3.18. The van der Waals surface area contributed by atoms with Gasteiger partial charge < -0.3 is 9.13 Å². The van der Waals surface area contributed by atoms with E-state index in [2.05, 4.69) is 308 Å². The standard InChI is InChI=1S/C37H29N2.C35H27N2/c1-5-6-7-10-28-14-21-37-34(24-28)33-23-26(2)12-20-36(33)39(37)31-18-16-29(17-19-31)30-15-13-27(3)32(25-30)35-11-8-9-22-38(35)4;1-24-18-19-25(23-31(24)32-15-9-10-22-36(32)2)26-20-21-35(28-12-4-3-11-27(26)28)37-33-16-7-5-13-29(33)30-14-6-8-17-34(30)37/h8-9,11-25H,1-4H3;3-23H,1-2H3/q2*+1. The molecule has 0 spiro atoms. The zero-order valence-corrected chi connectivity index (χ0v) is 43.7. The number of benzene rings is 9. The van der Waals surface area contributed by atoms with Crippen LogP contribution in [0.5, 0.6) is 0 Å². The molecular formula is C72H56N4+2. The third-order valence-corrected chi connectivity index (χ3v) is 14.9. The van der Waals surface area contributed by atoms with Crippen molar-refractivity contribution < 1.29 is 9.13 Å². The zero-order chi connectivity index (χ0) is 51.9. The van der Waals surface area contributed by atoms with E-state index in [0.717, 1.165) is 11.3 Å². The average Bonchev–Trinajstić information content (AvgIpc) is 4.03. The van der Waals surface area contributed by atoms with Crippen molar-refractivity contribution in [3.05, 3.63) is 253 Å². The van der Waals surface area contributed by atoms with Crippen LogP contribution < -0.4 is 9.13 Å².